The Kier molecular flexibility index (Phi) is 9.93. The van der Waals surface area contributed by atoms with E-state index in [-0.39, 0.29) is 48.3 Å². The molecule has 8 nitrogen and oxygen atoms in total. The number of hydrogen-bond donors (Lipinski definition) is 1. The van der Waals surface area contributed by atoms with Gasteiger partial charge in [-0.05, 0) is 85.6 Å². The van der Waals surface area contributed by atoms with Crippen LogP contribution in [0.15, 0.2) is 93.9 Å². The molecule has 3 fully saturated rings. The third-order valence-electron chi connectivity index (χ3n) is 10.7. The minimum absolute atomic E-state index is 0.00654. The molecule has 1 N–H and O–H groups in total. The predicted octanol–water partition coefficient (Wildman–Crippen LogP) is 6.41. The average Bonchev–Trinajstić information content (AvgIpc) is 3.83. The summed E-state index contributed by atoms with van der Waals surface area (Å²) in [4.78, 5) is 32.4. The van der Waals surface area contributed by atoms with Gasteiger partial charge in [0.25, 0.3) is 0 Å². The second-order valence-electron chi connectivity index (χ2n) is 13.6. The number of imide groups is 1. The van der Waals surface area contributed by atoms with Crippen molar-refractivity contribution in [3.8, 4) is 5.75 Å². The summed E-state index contributed by atoms with van der Waals surface area (Å²) in [5.74, 6) is 1.20. The zero-order valence-corrected chi connectivity index (χ0v) is 27.8. The van der Waals surface area contributed by atoms with E-state index >= 15 is 0 Å². The maximum atomic E-state index is 14.2. The minimum Gasteiger partial charge on any atom is -0.489 e. The van der Waals surface area contributed by atoms with Gasteiger partial charge in [0.1, 0.15) is 30.5 Å². The van der Waals surface area contributed by atoms with Gasteiger partial charge >= 0.3 is 0 Å². The zero-order chi connectivity index (χ0) is 33.0. The second kappa shape index (κ2) is 14.6. The third-order valence-corrected chi connectivity index (χ3v) is 10.7. The lowest BCUT2D eigenvalue weighted by molar-refractivity contribution is -0.144. The Balaban J connectivity index is 1.08. The van der Waals surface area contributed by atoms with Crippen molar-refractivity contribution in [2.75, 3.05) is 26.3 Å². The van der Waals surface area contributed by atoms with Gasteiger partial charge in [-0.15, -0.1) is 0 Å². The smallest absolute Gasteiger partial charge is 0.234 e. The first kappa shape index (κ1) is 32.6. The molecular formula is C40H46N2O6. The van der Waals surface area contributed by atoms with E-state index in [1.807, 2.05) is 42.5 Å². The van der Waals surface area contributed by atoms with Crippen LogP contribution in [-0.2, 0) is 27.5 Å². The molecule has 3 aromatic rings. The Labute approximate surface area is 283 Å². The van der Waals surface area contributed by atoms with Crippen LogP contribution >= 0.6 is 0 Å². The molecular weight excluding hydrogens is 604 g/mol. The van der Waals surface area contributed by atoms with Crippen molar-refractivity contribution in [2.24, 2.45) is 17.8 Å². The molecule has 252 valence electrons. The molecule has 3 aliphatic heterocycles. The van der Waals surface area contributed by atoms with E-state index in [1.54, 1.807) is 11.0 Å². The van der Waals surface area contributed by atoms with Gasteiger partial charge in [-0.25, -0.2) is 0 Å². The minimum atomic E-state index is -0.374. The molecule has 4 aliphatic rings. The van der Waals surface area contributed by atoms with Gasteiger partial charge in [0, 0.05) is 31.6 Å². The van der Waals surface area contributed by atoms with Crippen molar-refractivity contribution < 1.29 is 28.6 Å². The zero-order valence-electron chi connectivity index (χ0n) is 27.8. The molecule has 8 heteroatoms. The first-order valence-corrected chi connectivity index (χ1v) is 17.6. The SMILES string of the molecule is CC/C(=C\c1ccc(CO)o1)CC[C@H]1OC[C@H]2C1=C(COc1ccccc1)C[C@H]1C(=O)N(C3CCN(Cc4ccccc4)CC3)C(=O)[C@H]12. The quantitative estimate of drug-likeness (QED) is 0.179. The number of amides is 2. The molecule has 2 amide bonds. The van der Waals surface area contributed by atoms with Crippen LogP contribution in [0.2, 0.25) is 0 Å². The summed E-state index contributed by atoms with van der Waals surface area (Å²) < 4.78 is 18.5. The highest BCUT2D eigenvalue weighted by Crippen LogP contribution is 2.50. The lowest BCUT2D eigenvalue weighted by Crippen LogP contribution is -2.47. The number of allylic oxidation sites excluding steroid dienone is 1. The summed E-state index contributed by atoms with van der Waals surface area (Å²) in [6, 6.07) is 23.9. The molecule has 0 radical (unpaired) electrons. The van der Waals surface area contributed by atoms with Crippen molar-refractivity contribution in [2.45, 2.75) is 70.7 Å². The molecule has 0 bridgehead atoms. The van der Waals surface area contributed by atoms with Crippen LogP contribution < -0.4 is 4.74 Å². The number of benzene rings is 2. The van der Waals surface area contributed by atoms with Crippen LogP contribution in [-0.4, -0.2) is 65.2 Å². The van der Waals surface area contributed by atoms with Crippen LogP contribution in [0.5, 0.6) is 5.75 Å². The van der Waals surface area contributed by atoms with E-state index in [2.05, 4.69) is 42.2 Å². The van der Waals surface area contributed by atoms with Gasteiger partial charge in [0.15, 0.2) is 0 Å². The van der Waals surface area contributed by atoms with E-state index in [0.29, 0.717) is 25.4 Å². The summed E-state index contributed by atoms with van der Waals surface area (Å²) in [6.07, 6.45) is 6.51. The number of piperidine rings is 1. The Hall–Kier alpha value is -3.98. The van der Waals surface area contributed by atoms with Gasteiger partial charge in [-0.3, -0.25) is 19.4 Å². The van der Waals surface area contributed by atoms with E-state index in [1.165, 1.54) is 16.7 Å². The summed E-state index contributed by atoms with van der Waals surface area (Å²) >= 11 is 0. The average molecular weight is 651 g/mol. The molecule has 4 heterocycles. The van der Waals surface area contributed by atoms with Crippen LogP contribution in [0, 0.1) is 17.8 Å². The molecule has 1 aromatic heterocycles. The first-order valence-electron chi connectivity index (χ1n) is 17.6. The Morgan fingerprint density at radius 1 is 0.958 bits per heavy atom. The largest absolute Gasteiger partial charge is 0.489 e. The summed E-state index contributed by atoms with van der Waals surface area (Å²) in [7, 11) is 0. The summed E-state index contributed by atoms with van der Waals surface area (Å²) in [5, 5.41) is 9.39. The monoisotopic (exact) mass is 650 g/mol. The highest BCUT2D eigenvalue weighted by Gasteiger charge is 2.58. The van der Waals surface area contributed by atoms with Crippen molar-refractivity contribution >= 4 is 17.9 Å². The van der Waals surface area contributed by atoms with Crippen molar-refractivity contribution in [1.82, 2.24) is 9.80 Å². The van der Waals surface area contributed by atoms with Crippen LogP contribution in [0.25, 0.3) is 6.08 Å². The van der Waals surface area contributed by atoms with E-state index in [4.69, 9.17) is 13.9 Å². The highest BCUT2D eigenvalue weighted by molar-refractivity contribution is 6.06. The number of nitrogens with zero attached hydrogens (tertiary/aromatic N) is 2. The second-order valence-corrected chi connectivity index (χ2v) is 13.6. The normalized spacial score (nSPS) is 25.1. The van der Waals surface area contributed by atoms with E-state index < -0.39 is 0 Å². The van der Waals surface area contributed by atoms with Crippen molar-refractivity contribution in [1.29, 1.82) is 0 Å². The summed E-state index contributed by atoms with van der Waals surface area (Å²) in [5.41, 5.74) is 4.79. The lowest BCUT2D eigenvalue weighted by atomic mass is 9.69. The van der Waals surface area contributed by atoms with Crippen LogP contribution in [0.4, 0.5) is 0 Å². The molecule has 0 saturated carbocycles. The van der Waals surface area contributed by atoms with Gasteiger partial charge in [-0.1, -0.05) is 61.0 Å². The fourth-order valence-corrected chi connectivity index (χ4v) is 8.28. The van der Waals surface area contributed by atoms with Gasteiger partial charge in [0.05, 0.1) is 24.5 Å². The number of aliphatic hydroxyl groups is 1. The first-order chi connectivity index (χ1) is 23.5. The predicted molar refractivity (Wildman–Crippen MR) is 183 cm³/mol. The molecule has 0 spiro atoms. The molecule has 2 aromatic carbocycles. The van der Waals surface area contributed by atoms with Crippen molar-refractivity contribution in [3.63, 3.8) is 0 Å². The number of para-hydroxylation sites is 1. The molecule has 1 aliphatic carbocycles. The van der Waals surface area contributed by atoms with Gasteiger partial charge < -0.3 is 19.0 Å². The topological polar surface area (TPSA) is 92.4 Å². The number of likely N-dealkylation sites (tertiary alicyclic amines) is 2. The Morgan fingerprint density at radius 2 is 1.71 bits per heavy atom. The standard InChI is InChI=1S/C40H46N2O6/c1-2-27(21-32-14-15-33(24-43)48-32)13-16-36-37-29(25-46-31-11-7-4-8-12-31)22-34-38(35(37)26-47-36)40(45)42(39(34)44)30-17-19-41(20-18-30)23-28-9-5-3-6-10-28/h3-12,14-15,21,30,34-36,38,43H,2,13,16-20,22-26H2,1H3/b27-21+/t34-,35+,36-,38-/m1/s1. The molecule has 4 atom stereocenters. The highest BCUT2D eigenvalue weighted by atomic mass is 16.5. The van der Waals surface area contributed by atoms with Crippen LogP contribution in [0.1, 0.15) is 62.5 Å². The van der Waals surface area contributed by atoms with E-state index in [0.717, 1.165) is 68.8 Å². The maximum Gasteiger partial charge on any atom is 0.234 e. The number of carbonyl (C=O) groups excluding carboxylic acids is 2. The number of fused-ring (bicyclic) bond motifs is 3. The van der Waals surface area contributed by atoms with Crippen molar-refractivity contribution in [3.05, 3.63) is 107 Å². The van der Waals surface area contributed by atoms with Crippen LogP contribution in [0.3, 0.4) is 0 Å². The fraction of sp³-hybridized carbons (Fsp3) is 0.450. The van der Waals surface area contributed by atoms with Gasteiger partial charge in [0.2, 0.25) is 11.8 Å². The number of hydrogen-bond acceptors (Lipinski definition) is 7. The molecule has 3 saturated heterocycles. The molecule has 0 unspecified atom stereocenters. The number of aliphatic hydroxyl groups excluding tert-OH is 1. The Morgan fingerprint density at radius 3 is 2.42 bits per heavy atom. The lowest BCUT2D eigenvalue weighted by Gasteiger charge is -2.36. The summed E-state index contributed by atoms with van der Waals surface area (Å²) in [6.45, 7) is 5.46. The molecule has 7 rings (SSSR count). The number of carbonyl (C=O) groups is 2. The Bertz CT molecular complexity index is 1640. The number of ether oxygens (including phenoxy) is 2. The fourth-order valence-electron chi connectivity index (χ4n) is 8.28. The number of furan rings is 1. The van der Waals surface area contributed by atoms with Gasteiger partial charge in [-0.2, -0.15) is 0 Å². The van der Waals surface area contributed by atoms with E-state index in [9.17, 15) is 14.7 Å². The third kappa shape index (κ3) is 6.79. The maximum absolute atomic E-state index is 14.2. The number of rotatable bonds is 12. The molecule has 48 heavy (non-hydrogen) atoms.